The average Bonchev–Trinajstić information content (AvgIpc) is 3.16. The van der Waals surface area contributed by atoms with Crippen molar-refractivity contribution in [1.29, 1.82) is 0 Å². The minimum atomic E-state index is -0.250. The second-order valence-corrected chi connectivity index (χ2v) is 7.73. The van der Waals surface area contributed by atoms with E-state index in [2.05, 4.69) is 16.9 Å². The van der Waals surface area contributed by atoms with E-state index in [0.29, 0.717) is 24.6 Å². The Morgan fingerprint density at radius 3 is 2.85 bits per heavy atom. The molecule has 0 spiro atoms. The van der Waals surface area contributed by atoms with E-state index in [1.165, 1.54) is 11.6 Å². The number of carbonyl (C=O) groups excluding carboxylic acids is 1. The van der Waals surface area contributed by atoms with Crippen LogP contribution in [-0.4, -0.2) is 43.6 Å². The number of hydrogen-bond donors (Lipinski definition) is 0. The number of amides is 1. The van der Waals surface area contributed by atoms with Gasteiger partial charge in [-0.1, -0.05) is 18.2 Å². The lowest BCUT2D eigenvalue weighted by molar-refractivity contribution is -0.144. The third-order valence-corrected chi connectivity index (χ3v) is 6.04. The van der Waals surface area contributed by atoms with Gasteiger partial charge in [0, 0.05) is 56.5 Å². The molecule has 26 heavy (non-hydrogen) atoms. The first-order chi connectivity index (χ1) is 12.5. The number of nitrogens with zero attached hydrogens (tertiary/aromatic N) is 4. The van der Waals surface area contributed by atoms with Crippen molar-refractivity contribution < 1.29 is 9.18 Å². The van der Waals surface area contributed by atoms with Crippen LogP contribution in [0, 0.1) is 5.82 Å². The Kier molecular flexibility index (Phi) is 4.31. The molecule has 2 saturated heterocycles. The lowest BCUT2D eigenvalue weighted by Crippen LogP contribution is -2.60. The highest BCUT2D eigenvalue weighted by molar-refractivity contribution is 5.78. The van der Waals surface area contributed by atoms with Crippen molar-refractivity contribution in [2.24, 2.45) is 7.05 Å². The molecule has 2 atom stereocenters. The summed E-state index contributed by atoms with van der Waals surface area (Å²) in [6, 6.07) is 7.06. The van der Waals surface area contributed by atoms with Crippen molar-refractivity contribution in [3.63, 3.8) is 0 Å². The summed E-state index contributed by atoms with van der Waals surface area (Å²) < 4.78 is 16.0. The van der Waals surface area contributed by atoms with Crippen molar-refractivity contribution in [2.75, 3.05) is 6.54 Å². The van der Waals surface area contributed by atoms with E-state index in [1.54, 1.807) is 12.1 Å². The number of aryl methyl sites for hydroxylation is 1. The largest absolute Gasteiger partial charge is 0.331 e. The van der Waals surface area contributed by atoms with Crippen LogP contribution >= 0.6 is 0 Å². The number of halogens is 1. The van der Waals surface area contributed by atoms with Crippen LogP contribution in [0.2, 0.25) is 0 Å². The number of likely N-dealkylation sites (tertiary alicyclic amines) is 2. The molecule has 2 aliphatic rings. The first-order valence-electron chi connectivity index (χ1n) is 9.23. The summed E-state index contributed by atoms with van der Waals surface area (Å²) in [5.41, 5.74) is 1.53. The first-order valence-corrected chi connectivity index (χ1v) is 9.23. The first kappa shape index (κ1) is 17.2. The smallest absolute Gasteiger partial charge is 0.223 e. The van der Waals surface area contributed by atoms with E-state index < -0.39 is 0 Å². The maximum Gasteiger partial charge on any atom is 0.223 e. The highest BCUT2D eigenvalue weighted by atomic mass is 19.1. The van der Waals surface area contributed by atoms with E-state index in [-0.39, 0.29) is 17.3 Å². The van der Waals surface area contributed by atoms with Crippen LogP contribution in [0.15, 0.2) is 36.7 Å². The molecule has 0 bridgehead atoms. The van der Waals surface area contributed by atoms with Crippen molar-refractivity contribution in [2.45, 2.75) is 50.9 Å². The predicted octanol–water partition coefficient (Wildman–Crippen LogP) is 2.71. The number of fused-ring (bicyclic) bond motifs is 1. The van der Waals surface area contributed by atoms with E-state index >= 15 is 0 Å². The predicted molar refractivity (Wildman–Crippen MR) is 96.6 cm³/mol. The molecule has 4 rings (SSSR count). The zero-order valence-electron chi connectivity index (χ0n) is 15.4. The van der Waals surface area contributed by atoms with E-state index in [1.807, 2.05) is 35.1 Å². The lowest BCUT2D eigenvalue weighted by atomic mass is 9.83. The van der Waals surface area contributed by atoms with Crippen LogP contribution < -0.4 is 0 Å². The molecule has 3 heterocycles. The van der Waals surface area contributed by atoms with Crippen molar-refractivity contribution in [3.05, 3.63) is 53.6 Å². The summed E-state index contributed by atoms with van der Waals surface area (Å²) in [5, 5.41) is 4.26. The molecule has 2 aromatic rings. The second kappa shape index (κ2) is 6.50. The molecule has 0 saturated carbocycles. The van der Waals surface area contributed by atoms with Gasteiger partial charge in [-0.2, -0.15) is 5.10 Å². The Labute approximate surface area is 153 Å². The van der Waals surface area contributed by atoms with Crippen molar-refractivity contribution >= 4 is 5.91 Å². The van der Waals surface area contributed by atoms with Crippen LogP contribution in [0.1, 0.15) is 37.3 Å². The van der Waals surface area contributed by atoms with E-state index in [9.17, 15) is 9.18 Å². The summed E-state index contributed by atoms with van der Waals surface area (Å²) >= 11 is 0. The summed E-state index contributed by atoms with van der Waals surface area (Å²) in [4.78, 5) is 17.1. The number of rotatable bonds is 4. The molecule has 2 fully saturated rings. The standard InChI is InChI=1S/C20H25FN4O/c1-20-9-10-24(13-15-11-22-23(2)12-15)18(20)7-8-19(26)25(20)14-16-5-3-4-6-17(16)21/h3-6,11-12,18H,7-10,13-14H2,1-2H3/t18-,20-/m0/s1. The lowest BCUT2D eigenvalue weighted by Gasteiger charge is -2.48. The zero-order valence-corrected chi connectivity index (χ0v) is 15.4. The number of aromatic nitrogens is 2. The van der Waals surface area contributed by atoms with Gasteiger partial charge < -0.3 is 4.90 Å². The third kappa shape index (κ3) is 2.92. The monoisotopic (exact) mass is 356 g/mol. The molecule has 0 aliphatic carbocycles. The number of benzene rings is 1. The molecule has 1 amide bonds. The quantitative estimate of drug-likeness (QED) is 0.846. The average molecular weight is 356 g/mol. The van der Waals surface area contributed by atoms with Crippen molar-refractivity contribution in [1.82, 2.24) is 19.6 Å². The normalized spacial score (nSPS) is 26.3. The van der Waals surface area contributed by atoms with Crippen molar-refractivity contribution in [3.8, 4) is 0 Å². The molecule has 6 heteroatoms. The summed E-state index contributed by atoms with van der Waals surface area (Å²) in [7, 11) is 1.92. The van der Waals surface area contributed by atoms with Gasteiger partial charge in [-0.25, -0.2) is 4.39 Å². The molecule has 0 unspecified atom stereocenters. The van der Waals surface area contributed by atoms with Gasteiger partial charge in [0.05, 0.1) is 11.7 Å². The maximum atomic E-state index is 14.1. The van der Waals surface area contributed by atoms with Crippen LogP contribution in [0.25, 0.3) is 0 Å². The van der Waals surface area contributed by atoms with Gasteiger partial charge in [0.2, 0.25) is 5.91 Å². The van der Waals surface area contributed by atoms with Crippen LogP contribution in [0.5, 0.6) is 0 Å². The van der Waals surface area contributed by atoms with Gasteiger partial charge in [-0.15, -0.1) is 0 Å². The summed E-state index contributed by atoms with van der Waals surface area (Å²) in [6.45, 7) is 4.30. The van der Waals surface area contributed by atoms with Gasteiger partial charge in [-0.05, 0) is 25.8 Å². The van der Waals surface area contributed by atoms with Gasteiger partial charge in [0.1, 0.15) is 5.82 Å². The molecule has 138 valence electrons. The number of piperidine rings is 1. The minimum Gasteiger partial charge on any atom is -0.331 e. The highest BCUT2D eigenvalue weighted by Gasteiger charge is 2.51. The Bertz CT molecular complexity index is 820. The Morgan fingerprint density at radius 2 is 2.12 bits per heavy atom. The maximum absolute atomic E-state index is 14.1. The van der Waals surface area contributed by atoms with Gasteiger partial charge in [0.15, 0.2) is 0 Å². The Hall–Kier alpha value is -2.21. The number of hydrogen-bond acceptors (Lipinski definition) is 3. The van der Waals surface area contributed by atoms with Gasteiger partial charge in [-0.3, -0.25) is 14.4 Å². The van der Waals surface area contributed by atoms with Gasteiger partial charge >= 0.3 is 0 Å². The van der Waals surface area contributed by atoms with Crippen LogP contribution in [-0.2, 0) is 24.9 Å². The van der Waals surface area contributed by atoms with Crippen LogP contribution in [0.3, 0.4) is 0 Å². The molecule has 5 nitrogen and oxygen atoms in total. The summed E-state index contributed by atoms with van der Waals surface area (Å²) in [5.74, 6) is -0.105. The van der Waals surface area contributed by atoms with Crippen LogP contribution in [0.4, 0.5) is 4.39 Å². The van der Waals surface area contributed by atoms with E-state index in [0.717, 1.165) is 25.9 Å². The van der Waals surface area contributed by atoms with E-state index in [4.69, 9.17) is 0 Å². The zero-order chi connectivity index (χ0) is 18.3. The molecule has 2 aliphatic heterocycles. The molecular formula is C20H25FN4O. The highest BCUT2D eigenvalue weighted by Crippen LogP contribution is 2.42. The topological polar surface area (TPSA) is 41.4 Å². The molecule has 1 aromatic carbocycles. The molecule has 0 N–H and O–H groups in total. The Balaban J connectivity index is 1.56. The number of carbonyl (C=O) groups is 1. The minimum absolute atomic E-state index is 0.134. The fraction of sp³-hybridized carbons (Fsp3) is 0.500. The SMILES string of the molecule is Cn1cc(CN2CC[C@@]3(C)[C@@H]2CCC(=O)N3Cc2ccccc2F)cn1. The molecule has 1 aromatic heterocycles. The third-order valence-electron chi connectivity index (χ3n) is 6.04. The summed E-state index contributed by atoms with van der Waals surface area (Å²) in [6.07, 6.45) is 6.25. The fourth-order valence-corrected chi connectivity index (χ4v) is 4.62. The second-order valence-electron chi connectivity index (χ2n) is 7.73. The molecular weight excluding hydrogens is 331 g/mol. The fourth-order valence-electron chi connectivity index (χ4n) is 4.62. The molecule has 0 radical (unpaired) electrons. The Morgan fingerprint density at radius 1 is 1.31 bits per heavy atom. The van der Waals surface area contributed by atoms with Gasteiger partial charge in [0.25, 0.3) is 0 Å².